The lowest BCUT2D eigenvalue weighted by atomic mass is 10.2. The van der Waals surface area contributed by atoms with Gasteiger partial charge in [-0.05, 0) is 13.3 Å². The van der Waals surface area contributed by atoms with Crippen LogP contribution >= 0.6 is 0 Å². The largest absolute Gasteiger partial charge is 0.395 e. The summed E-state index contributed by atoms with van der Waals surface area (Å²) in [5.41, 5.74) is 5.47. The van der Waals surface area contributed by atoms with Crippen molar-refractivity contribution in [2.75, 3.05) is 26.9 Å². The lowest BCUT2D eigenvalue weighted by molar-refractivity contribution is 0.00515. The number of nitrogens with two attached hydrogens (primary N) is 1. The number of rotatable bonds is 7. The summed E-state index contributed by atoms with van der Waals surface area (Å²) in [6, 6.07) is -0.167. The first-order valence-electron chi connectivity index (χ1n) is 4.17. The zero-order valence-electron chi connectivity index (χ0n) is 7.82. The van der Waals surface area contributed by atoms with Gasteiger partial charge in [0.2, 0.25) is 0 Å². The quantitative estimate of drug-likeness (QED) is 0.562. The highest BCUT2D eigenvalue weighted by Crippen LogP contribution is 1.94. The molecule has 0 fully saturated rings. The van der Waals surface area contributed by atoms with E-state index in [0.29, 0.717) is 19.6 Å². The van der Waals surface area contributed by atoms with Crippen molar-refractivity contribution in [3.8, 4) is 0 Å². The maximum atomic E-state index is 8.60. The predicted molar refractivity (Wildman–Crippen MR) is 47.0 cm³/mol. The van der Waals surface area contributed by atoms with E-state index in [2.05, 4.69) is 0 Å². The molecule has 2 unspecified atom stereocenters. The Morgan fingerprint density at radius 2 is 2.17 bits per heavy atom. The average molecular weight is 177 g/mol. The van der Waals surface area contributed by atoms with Gasteiger partial charge in [0.25, 0.3) is 0 Å². The minimum atomic E-state index is -0.167. The molecule has 0 bridgehead atoms. The van der Waals surface area contributed by atoms with E-state index in [9.17, 15) is 0 Å². The summed E-state index contributed by atoms with van der Waals surface area (Å²) in [6.07, 6.45) is 0.783. The fourth-order valence-corrected chi connectivity index (χ4v) is 0.795. The van der Waals surface area contributed by atoms with Gasteiger partial charge in [-0.15, -0.1) is 0 Å². The maximum absolute atomic E-state index is 8.60. The highest BCUT2D eigenvalue weighted by atomic mass is 16.5. The van der Waals surface area contributed by atoms with Crippen LogP contribution in [0.25, 0.3) is 0 Å². The van der Waals surface area contributed by atoms with E-state index >= 15 is 0 Å². The van der Waals surface area contributed by atoms with Crippen LogP contribution < -0.4 is 5.73 Å². The number of hydrogen-bond donors (Lipinski definition) is 2. The molecule has 2 atom stereocenters. The van der Waals surface area contributed by atoms with Gasteiger partial charge >= 0.3 is 0 Å². The number of hydrogen-bond acceptors (Lipinski definition) is 4. The van der Waals surface area contributed by atoms with Crippen LogP contribution in [-0.4, -0.2) is 44.2 Å². The molecule has 12 heavy (non-hydrogen) atoms. The molecule has 74 valence electrons. The Morgan fingerprint density at radius 1 is 1.50 bits per heavy atom. The molecule has 0 aliphatic carbocycles. The topological polar surface area (TPSA) is 64.7 Å². The number of ether oxygens (including phenoxy) is 2. The van der Waals surface area contributed by atoms with Crippen molar-refractivity contribution in [2.24, 2.45) is 5.73 Å². The number of aliphatic hydroxyl groups is 1. The predicted octanol–water partition coefficient (Wildman–Crippen LogP) is -0.252. The van der Waals surface area contributed by atoms with Crippen LogP contribution in [0.5, 0.6) is 0 Å². The van der Waals surface area contributed by atoms with Crippen LogP contribution in [0, 0.1) is 0 Å². The molecule has 0 saturated heterocycles. The van der Waals surface area contributed by atoms with Gasteiger partial charge in [-0.25, -0.2) is 0 Å². The van der Waals surface area contributed by atoms with Crippen molar-refractivity contribution >= 4 is 0 Å². The fourth-order valence-electron chi connectivity index (χ4n) is 0.795. The fraction of sp³-hybridized carbons (Fsp3) is 1.00. The molecule has 0 amide bonds. The Balaban J connectivity index is 3.18. The Morgan fingerprint density at radius 3 is 2.67 bits per heavy atom. The summed E-state index contributed by atoms with van der Waals surface area (Å²) in [7, 11) is 1.64. The monoisotopic (exact) mass is 177 g/mol. The summed E-state index contributed by atoms with van der Waals surface area (Å²) in [6.45, 7) is 3.12. The summed E-state index contributed by atoms with van der Waals surface area (Å²) in [4.78, 5) is 0. The summed E-state index contributed by atoms with van der Waals surface area (Å²) >= 11 is 0. The Hall–Kier alpha value is -0.160. The molecular weight excluding hydrogens is 158 g/mol. The Kier molecular flexibility index (Phi) is 7.39. The molecule has 0 aliphatic rings. The lowest BCUT2D eigenvalue weighted by Gasteiger charge is -2.13. The van der Waals surface area contributed by atoms with Gasteiger partial charge in [-0.1, -0.05) is 0 Å². The maximum Gasteiger partial charge on any atom is 0.0780 e. The van der Waals surface area contributed by atoms with Crippen molar-refractivity contribution in [1.29, 1.82) is 0 Å². The molecule has 4 heteroatoms. The Labute approximate surface area is 73.7 Å². The van der Waals surface area contributed by atoms with Crippen LogP contribution in [0.3, 0.4) is 0 Å². The van der Waals surface area contributed by atoms with Gasteiger partial charge in [0.1, 0.15) is 0 Å². The second kappa shape index (κ2) is 7.49. The minimum Gasteiger partial charge on any atom is -0.395 e. The molecule has 0 aliphatic heterocycles. The van der Waals surface area contributed by atoms with Gasteiger partial charge in [0.05, 0.1) is 19.3 Å². The molecule has 0 heterocycles. The van der Waals surface area contributed by atoms with E-state index in [1.807, 2.05) is 6.92 Å². The first-order chi connectivity index (χ1) is 5.70. The van der Waals surface area contributed by atoms with E-state index < -0.39 is 0 Å². The third-order valence-electron chi connectivity index (χ3n) is 1.53. The number of methoxy groups -OCH3 is 1. The zero-order valence-corrected chi connectivity index (χ0v) is 7.82. The van der Waals surface area contributed by atoms with Crippen molar-refractivity contribution in [3.05, 3.63) is 0 Å². The van der Waals surface area contributed by atoms with E-state index in [0.717, 1.165) is 0 Å². The lowest BCUT2D eigenvalue weighted by Crippen LogP contribution is -2.27. The number of aliphatic hydroxyl groups excluding tert-OH is 1. The minimum absolute atomic E-state index is 0.0159. The Bertz CT molecular complexity index is 100. The van der Waals surface area contributed by atoms with Crippen LogP contribution in [0.1, 0.15) is 13.3 Å². The van der Waals surface area contributed by atoms with Crippen LogP contribution in [0.2, 0.25) is 0 Å². The first-order valence-corrected chi connectivity index (χ1v) is 4.17. The standard InChI is InChI=1S/C8H19NO3/c1-7(6-11-2)12-4-3-8(9)5-10/h7-8,10H,3-6,9H2,1-2H3. The molecule has 0 aromatic carbocycles. The highest BCUT2D eigenvalue weighted by Gasteiger charge is 2.03. The second-order valence-corrected chi connectivity index (χ2v) is 2.87. The SMILES string of the molecule is COCC(C)OCCC(N)CO. The summed E-state index contributed by atoms with van der Waals surface area (Å²) < 4.78 is 10.2. The van der Waals surface area contributed by atoms with E-state index in [1.165, 1.54) is 0 Å². The molecule has 0 saturated carbocycles. The van der Waals surface area contributed by atoms with E-state index in [4.69, 9.17) is 20.3 Å². The van der Waals surface area contributed by atoms with Crippen LogP contribution in [0.15, 0.2) is 0 Å². The van der Waals surface area contributed by atoms with Crippen molar-refractivity contribution in [3.63, 3.8) is 0 Å². The van der Waals surface area contributed by atoms with Crippen molar-refractivity contribution in [1.82, 2.24) is 0 Å². The molecule has 0 aromatic rings. The highest BCUT2D eigenvalue weighted by molar-refractivity contribution is 4.58. The molecule has 0 aromatic heterocycles. The van der Waals surface area contributed by atoms with Gasteiger partial charge in [-0.3, -0.25) is 0 Å². The summed E-state index contributed by atoms with van der Waals surface area (Å²) in [5, 5.41) is 8.60. The summed E-state index contributed by atoms with van der Waals surface area (Å²) in [5.74, 6) is 0. The molecular formula is C8H19NO3. The normalized spacial score (nSPS) is 16.0. The smallest absolute Gasteiger partial charge is 0.0780 e. The third kappa shape index (κ3) is 6.54. The van der Waals surface area contributed by atoms with Crippen LogP contribution in [-0.2, 0) is 9.47 Å². The van der Waals surface area contributed by atoms with Crippen LogP contribution in [0.4, 0.5) is 0 Å². The van der Waals surface area contributed by atoms with Crippen molar-refractivity contribution < 1.29 is 14.6 Å². The first kappa shape index (κ1) is 11.8. The van der Waals surface area contributed by atoms with Gasteiger partial charge < -0.3 is 20.3 Å². The zero-order chi connectivity index (χ0) is 9.40. The molecule has 0 radical (unpaired) electrons. The van der Waals surface area contributed by atoms with E-state index in [1.54, 1.807) is 7.11 Å². The average Bonchev–Trinajstić information content (AvgIpc) is 2.04. The van der Waals surface area contributed by atoms with Gasteiger partial charge in [-0.2, -0.15) is 0 Å². The third-order valence-corrected chi connectivity index (χ3v) is 1.53. The van der Waals surface area contributed by atoms with Gasteiger partial charge in [0.15, 0.2) is 0 Å². The van der Waals surface area contributed by atoms with E-state index in [-0.39, 0.29) is 18.8 Å². The van der Waals surface area contributed by atoms with Crippen molar-refractivity contribution in [2.45, 2.75) is 25.5 Å². The van der Waals surface area contributed by atoms with Gasteiger partial charge in [0, 0.05) is 19.8 Å². The molecule has 0 spiro atoms. The second-order valence-electron chi connectivity index (χ2n) is 2.87. The molecule has 4 nitrogen and oxygen atoms in total. The molecule has 0 rings (SSSR count). The molecule has 3 N–H and O–H groups in total.